The molecule has 1 heterocycles. The zero-order valence-electron chi connectivity index (χ0n) is 19.5. The zero-order chi connectivity index (χ0) is 24.6. The fourth-order valence-corrected chi connectivity index (χ4v) is 6.39. The van der Waals surface area contributed by atoms with Crippen molar-refractivity contribution in [1.82, 2.24) is 14.3 Å². The van der Waals surface area contributed by atoms with Gasteiger partial charge in [0.1, 0.15) is 0 Å². The number of amides is 1. The fourth-order valence-electron chi connectivity index (χ4n) is 3.74. The summed E-state index contributed by atoms with van der Waals surface area (Å²) in [5.41, 5.74) is 1.69. The van der Waals surface area contributed by atoms with Crippen LogP contribution in [0.2, 0.25) is 0 Å². The van der Waals surface area contributed by atoms with Crippen molar-refractivity contribution in [2.24, 2.45) is 0 Å². The number of carbonyl (C=O) groups is 1. The summed E-state index contributed by atoms with van der Waals surface area (Å²) in [5, 5.41) is 2.84. The predicted octanol–water partition coefficient (Wildman–Crippen LogP) is 2.80. The Hall–Kier alpha value is -2.27. The number of carbonyl (C=O) groups excluding carboxylic acids is 1. The summed E-state index contributed by atoms with van der Waals surface area (Å²) in [7, 11) is -6.96. The summed E-state index contributed by atoms with van der Waals surface area (Å²) >= 11 is 0. The Morgan fingerprint density at radius 3 is 2.06 bits per heavy atom. The number of piperidine rings is 1. The molecule has 1 aliphatic rings. The normalized spacial score (nSPS) is 15.2. The fraction of sp³-hybridized carbons (Fsp3) is 0.458. The van der Waals surface area contributed by atoms with Gasteiger partial charge in [0.2, 0.25) is 26.0 Å². The van der Waals surface area contributed by atoms with E-state index in [0.29, 0.717) is 39.0 Å². The van der Waals surface area contributed by atoms with Crippen molar-refractivity contribution < 1.29 is 21.6 Å². The maximum Gasteiger partial charge on any atom is 0.243 e. The highest BCUT2D eigenvalue weighted by atomic mass is 32.2. The molecule has 0 spiro atoms. The first-order valence-corrected chi connectivity index (χ1v) is 14.6. The molecular weight excluding hydrogens is 474 g/mol. The monoisotopic (exact) mass is 507 g/mol. The average molecular weight is 508 g/mol. The van der Waals surface area contributed by atoms with Gasteiger partial charge in [-0.05, 0) is 61.1 Å². The molecule has 2 N–H and O–H groups in total. The molecule has 2 aromatic carbocycles. The molecule has 1 amide bonds. The molecule has 0 saturated carbocycles. The van der Waals surface area contributed by atoms with Crippen LogP contribution in [-0.4, -0.2) is 46.7 Å². The van der Waals surface area contributed by atoms with Gasteiger partial charge in [-0.25, -0.2) is 21.6 Å². The lowest BCUT2D eigenvalue weighted by atomic mass is 10.1. The third kappa shape index (κ3) is 7.11. The molecule has 0 radical (unpaired) electrons. The molecule has 0 aromatic heterocycles. The third-order valence-corrected chi connectivity index (χ3v) is 9.17. The van der Waals surface area contributed by atoms with Crippen molar-refractivity contribution in [2.45, 2.75) is 61.8 Å². The smallest absolute Gasteiger partial charge is 0.243 e. The van der Waals surface area contributed by atoms with Gasteiger partial charge in [0, 0.05) is 32.6 Å². The van der Waals surface area contributed by atoms with E-state index in [1.54, 1.807) is 48.5 Å². The highest BCUT2D eigenvalue weighted by Crippen LogP contribution is 2.21. The molecule has 0 aliphatic carbocycles. The van der Waals surface area contributed by atoms with E-state index < -0.39 is 20.0 Å². The Bertz CT molecular complexity index is 1160. The summed E-state index contributed by atoms with van der Waals surface area (Å²) in [6.07, 6.45) is 4.32. The lowest BCUT2D eigenvalue weighted by molar-refractivity contribution is -0.121. The summed E-state index contributed by atoms with van der Waals surface area (Å²) in [5.74, 6) is -0.133. The van der Waals surface area contributed by atoms with E-state index >= 15 is 0 Å². The lowest BCUT2D eigenvalue weighted by Gasteiger charge is -2.25. The van der Waals surface area contributed by atoms with E-state index in [4.69, 9.17) is 0 Å². The number of benzene rings is 2. The van der Waals surface area contributed by atoms with Gasteiger partial charge in [0.15, 0.2) is 0 Å². The topological polar surface area (TPSA) is 113 Å². The molecule has 34 heavy (non-hydrogen) atoms. The molecule has 1 fully saturated rings. The SMILES string of the molecule is CCCNS(=O)(=O)c1ccc(CCC(=O)NCc2ccc(S(=O)(=O)N3CCCCC3)cc2)cc1. The van der Waals surface area contributed by atoms with Gasteiger partial charge in [0.05, 0.1) is 9.79 Å². The van der Waals surface area contributed by atoms with Gasteiger partial charge in [0.25, 0.3) is 0 Å². The van der Waals surface area contributed by atoms with Crippen molar-refractivity contribution in [2.75, 3.05) is 19.6 Å². The molecule has 0 bridgehead atoms. The van der Waals surface area contributed by atoms with Crippen LogP contribution in [0.5, 0.6) is 0 Å². The van der Waals surface area contributed by atoms with Crippen LogP contribution < -0.4 is 10.0 Å². The van der Waals surface area contributed by atoms with Crippen LogP contribution >= 0.6 is 0 Å². The number of hydrogen-bond donors (Lipinski definition) is 2. The van der Waals surface area contributed by atoms with E-state index in [2.05, 4.69) is 10.0 Å². The molecule has 0 unspecified atom stereocenters. The lowest BCUT2D eigenvalue weighted by Crippen LogP contribution is -2.35. The van der Waals surface area contributed by atoms with Gasteiger partial charge in [-0.1, -0.05) is 37.6 Å². The quantitative estimate of drug-likeness (QED) is 0.486. The molecule has 186 valence electrons. The highest BCUT2D eigenvalue weighted by molar-refractivity contribution is 7.89. The van der Waals surface area contributed by atoms with Crippen LogP contribution in [0.25, 0.3) is 0 Å². The molecule has 1 aliphatic heterocycles. The molecule has 0 atom stereocenters. The number of nitrogens with zero attached hydrogens (tertiary/aromatic N) is 1. The Kier molecular flexibility index (Phi) is 9.24. The minimum Gasteiger partial charge on any atom is -0.352 e. The number of aryl methyl sites for hydroxylation is 1. The number of sulfonamides is 2. The van der Waals surface area contributed by atoms with Crippen molar-refractivity contribution in [3.05, 3.63) is 59.7 Å². The Morgan fingerprint density at radius 2 is 1.44 bits per heavy atom. The summed E-state index contributed by atoms with van der Waals surface area (Å²) in [6, 6.07) is 13.2. The van der Waals surface area contributed by atoms with Crippen LogP contribution in [0.1, 0.15) is 50.2 Å². The minimum atomic E-state index is -3.50. The second kappa shape index (κ2) is 11.9. The first-order chi connectivity index (χ1) is 16.2. The van der Waals surface area contributed by atoms with Crippen molar-refractivity contribution in [3.63, 3.8) is 0 Å². The van der Waals surface area contributed by atoms with Crippen LogP contribution in [-0.2, 0) is 37.8 Å². The number of nitrogens with one attached hydrogen (secondary N) is 2. The largest absolute Gasteiger partial charge is 0.352 e. The second-order valence-electron chi connectivity index (χ2n) is 8.43. The molecule has 1 saturated heterocycles. The predicted molar refractivity (Wildman–Crippen MR) is 131 cm³/mol. The van der Waals surface area contributed by atoms with E-state index in [1.807, 2.05) is 6.92 Å². The number of rotatable bonds is 11. The van der Waals surface area contributed by atoms with Crippen LogP contribution in [0.3, 0.4) is 0 Å². The second-order valence-corrected chi connectivity index (χ2v) is 12.1. The van der Waals surface area contributed by atoms with Gasteiger partial charge in [-0.2, -0.15) is 4.31 Å². The van der Waals surface area contributed by atoms with Gasteiger partial charge in [-0.15, -0.1) is 0 Å². The molecule has 8 nitrogen and oxygen atoms in total. The highest BCUT2D eigenvalue weighted by Gasteiger charge is 2.25. The zero-order valence-corrected chi connectivity index (χ0v) is 21.1. The third-order valence-electron chi connectivity index (χ3n) is 5.78. The summed E-state index contributed by atoms with van der Waals surface area (Å²) < 4.78 is 53.8. The van der Waals surface area contributed by atoms with E-state index in [0.717, 1.165) is 30.4 Å². The first-order valence-electron chi connectivity index (χ1n) is 11.7. The van der Waals surface area contributed by atoms with Crippen molar-refractivity contribution >= 4 is 26.0 Å². The van der Waals surface area contributed by atoms with E-state index in [9.17, 15) is 21.6 Å². The van der Waals surface area contributed by atoms with Crippen LogP contribution in [0.4, 0.5) is 0 Å². The molecule has 10 heteroatoms. The number of hydrogen-bond acceptors (Lipinski definition) is 5. The van der Waals surface area contributed by atoms with Crippen LogP contribution in [0, 0.1) is 0 Å². The van der Waals surface area contributed by atoms with E-state index in [1.165, 1.54) is 4.31 Å². The van der Waals surface area contributed by atoms with Gasteiger partial charge < -0.3 is 5.32 Å². The maximum absolute atomic E-state index is 12.7. The molecular formula is C24H33N3O5S2. The van der Waals surface area contributed by atoms with Gasteiger partial charge in [-0.3, -0.25) is 4.79 Å². The van der Waals surface area contributed by atoms with Crippen LogP contribution in [0.15, 0.2) is 58.3 Å². The molecule has 3 rings (SSSR count). The summed E-state index contributed by atoms with van der Waals surface area (Å²) in [6.45, 7) is 3.72. The Balaban J connectivity index is 1.47. The minimum absolute atomic E-state index is 0.133. The first kappa shape index (κ1) is 26.3. The summed E-state index contributed by atoms with van der Waals surface area (Å²) in [4.78, 5) is 12.7. The van der Waals surface area contributed by atoms with E-state index in [-0.39, 0.29) is 22.1 Å². The standard InChI is InChI=1S/C24H33N3O5S2/c1-2-16-26-33(29,30)22-11-6-20(7-12-22)10-15-24(28)25-19-21-8-13-23(14-9-21)34(31,32)27-17-4-3-5-18-27/h6-9,11-14,26H,2-5,10,15-19H2,1H3,(H,25,28). The van der Waals surface area contributed by atoms with Crippen molar-refractivity contribution in [1.29, 1.82) is 0 Å². The average Bonchev–Trinajstić information content (AvgIpc) is 2.86. The van der Waals surface area contributed by atoms with Crippen molar-refractivity contribution in [3.8, 4) is 0 Å². The Labute approximate surface area is 202 Å². The van der Waals surface area contributed by atoms with Gasteiger partial charge >= 0.3 is 0 Å². The molecule has 2 aromatic rings. The Morgan fingerprint density at radius 1 is 0.853 bits per heavy atom. The maximum atomic E-state index is 12.7.